The molecule has 2 aliphatic heterocycles. The van der Waals surface area contributed by atoms with Gasteiger partial charge in [0.1, 0.15) is 5.82 Å². The molecule has 0 aliphatic carbocycles. The van der Waals surface area contributed by atoms with Gasteiger partial charge in [0.15, 0.2) is 5.82 Å². The molecule has 1 saturated heterocycles. The zero-order chi connectivity index (χ0) is 22.1. The summed E-state index contributed by atoms with van der Waals surface area (Å²) in [6.45, 7) is 7.28. The molecule has 0 radical (unpaired) electrons. The molecule has 3 heterocycles. The fourth-order valence-electron chi connectivity index (χ4n) is 4.62. The Morgan fingerprint density at radius 2 is 1.75 bits per heavy atom. The lowest BCUT2D eigenvalue weighted by Crippen LogP contribution is -2.40. The molecule has 0 unspecified atom stereocenters. The summed E-state index contributed by atoms with van der Waals surface area (Å²) < 4.78 is 0. The van der Waals surface area contributed by atoms with Crippen molar-refractivity contribution in [2.75, 3.05) is 29.9 Å². The SMILES string of the molecule is Cc1ccc(NC(=O)N2CCc3nc(-c4ccccc4)nc(N4CCCC4)c3C2)c(C)c1. The second-order valence-electron chi connectivity index (χ2n) is 8.78. The van der Waals surface area contributed by atoms with E-state index in [0.29, 0.717) is 13.1 Å². The number of aromatic nitrogens is 2. The van der Waals surface area contributed by atoms with Gasteiger partial charge in [-0.2, -0.15) is 0 Å². The van der Waals surface area contributed by atoms with Gasteiger partial charge in [-0.15, -0.1) is 0 Å². The second-order valence-corrected chi connectivity index (χ2v) is 8.78. The lowest BCUT2D eigenvalue weighted by atomic mass is 10.0. The van der Waals surface area contributed by atoms with Crippen molar-refractivity contribution in [2.45, 2.75) is 39.7 Å². The van der Waals surface area contributed by atoms with Crippen LogP contribution in [0.5, 0.6) is 0 Å². The van der Waals surface area contributed by atoms with Crippen molar-refractivity contribution in [3.8, 4) is 11.4 Å². The van der Waals surface area contributed by atoms with Gasteiger partial charge in [0.25, 0.3) is 0 Å². The average molecular weight is 428 g/mol. The summed E-state index contributed by atoms with van der Waals surface area (Å²) in [5.74, 6) is 1.77. The summed E-state index contributed by atoms with van der Waals surface area (Å²) in [5, 5.41) is 3.10. The molecular formula is C26H29N5O. The summed E-state index contributed by atoms with van der Waals surface area (Å²) in [6.07, 6.45) is 3.09. The van der Waals surface area contributed by atoms with Gasteiger partial charge in [0, 0.05) is 42.9 Å². The summed E-state index contributed by atoms with van der Waals surface area (Å²) in [6, 6.07) is 16.2. The van der Waals surface area contributed by atoms with Crippen LogP contribution in [0.1, 0.15) is 35.2 Å². The number of rotatable bonds is 3. The number of urea groups is 1. The Kier molecular flexibility index (Phi) is 5.52. The molecule has 2 aliphatic rings. The summed E-state index contributed by atoms with van der Waals surface area (Å²) in [7, 11) is 0. The number of hydrogen-bond acceptors (Lipinski definition) is 4. The van der Waals surface area contributed by atoms with Crippen molar-refractivity contribution in [3.05, 3.63) is 70.9 Å². The number of hydrogen-bond donors (Lipinski definition) is 1. The number of benzene rings is 2. The monoisotopic (exact) mass is 427 g/mol. The van der Waals surface area contributed by atoms with E-state index in [1.54, 1.807) is 0 Å². The number of anilines is 2. The maximum atomic E-state index is 13.1. The molecule has 0 bridgehead atoms. The number of nitrogens with zero attached hydrogens (tertiary/aromatic N) is 4. The number of nitrogens with one attached hydrogen (secondary N) is 1. The Labute approximate surface area is 189 Å². The molecule has 1 fully saturated rings. The van der Waals surface area contributed by atoms with Crippen molar-refractivity contribution >= 4 is 17.5 Å². The molecule has 0 saturated carbocycles. The Morgan fingerprint density at radius 1 is 0.969 bits per heavy atom. The second kappa shape index (κ2) is 8.61. The molecule has 1 N–H and O–H groups in total. The molecule has 6 nitrogen and oxygen atoms in total. The topological polar surface area (TPSA) is 61.4 Å². The highest BCUT2D eigenvalue weighted by atomic mass is 16.2. The Bertz CT molecular complexity index is 1140. The van der Waals surface area contributed by atoms with Gasteiger partial charge in [-0.05, 0) is 38.3 Å². The fourth-order valence-corrected chi connectivity index (χ4v) is 4.62. The lowest BCUT2D eigenvalue weighted by Gasteiger charge is -2.32. The number of fused-ring (bicyclic) bond motifs is 1. The van der Waals surface area contributed by atoms with Gasteiger partial charge in [-0.1, -0.05) is 48.0 Å². The zero-order valence-corrected chi connectivity index (χ0v) is 18.8. The van der Waals surface area contributed by atoms with Crippen LogP contribution in [-0.2, 0) is 13.0 Å². The molecule has 164 valence electrons. The van der Waals surface area contributed by atoms with E-state index in [4.69, 9.17) is 9.97 Å². The molecule has 5 rings (SSSR count). The van der Waals surface area contributed by atoms with Crippen LogP contribution in [0.4, 0.5) is 16.3 Å². The third-order valence-corrected chi connectivity index (χ3v) is 6.39. The van der Waals surface area contributed by atoms with Gasteiger partial charge < -0.3 is 15.1 Å². The van der Waals surface area contributed by atoms with E-state index in [2.05, 4.69) is 35.3 Å². The van der Waals surface area contributed by atoms with E-state index < -0.39 is 0 Å². The third-order valence-electron chi connectivity index (χ3n) is 6.39. The van der Waals surface area contributed by atoms with E-state index in [9.17, 15) is 4.79 Å². The quantitative estimate of drug-likeness (QED) is 0.642. The van der Waals surface area contributed by atoms with Gasteiger partial charge in [-0.3, -0.25) is 0 Å². The fraction of sp³-hybridized carbons (Fsp3) is 0.346. The van der Waals surface area contributed by atoms with Crippen LogP contribution in [-0.4, -0.2) is 40.5 Å². The first-order valence-corrected chi connectivity index (χ1v) is 11.4. The maximum absolute atomic E-state index is 13.1. The van der Waals surface area contributed by atoms with Crippen molar-refractivity contribution < 1.29 is 4.79 Å². The maximum Gasteiger partial charge on any atom is 0.322 e. The van der Waals surface area contributed by atoms with Crippen molar-refractivity contribution in [3.63, 3.8) is 0 Å². The normalized spacial score (nSPS) is 15.6. The van der Waals surface area contributed by atoms with Gasteiger partial charge in [0.2, 0.25) is 0 Å². The highest BCUT2D eigenvalue weighted by Gasteiger charge is 2.29. The van der Waals surface area contributed by atoms with Gasteiger partial charge in [0.05, 0.1) is 12.2 Å². The van der Waals surface area contributed by atoms with Crippen LogP contribution in [0.15, 0.2) is 48.5 Å². The molecule has 6 heteroatoms. The molecule has 3 aromatic rings. The lowest BCUT2D eigenvalue weighted by molar-refractivity contribution is 0.206. The van der Waals surface area contributed by atoms with E-state index in [0.717, 1.165) is 59.2 Å². The Morgan fingerprint density at radius 3 is 2.50 bits per heavy atom. The third kappa shape index (κ3) is 4.05. The first-order valence-electron chi connectivity index (χ1n) is 11.4. The van der Waals surface area contributed by atoms with Crippen molar-refractivity contribution in [1.82, 2.24) is 14.9 Å². The number of carbonyl (C=O) groups is 1. The molecule has 2 aromatic carbocycles. The number of aryl methyl sites for hydroxylation is 2. The largest absolute Gasteiger partial charge is 0.356 e. The highest BCUT2D eigenvalue weighted by Crippen LogP contribution is 2.31. The first kappa shape index (κ1) is 20.5. The summed E-state index contributed by atoms with van der Waals surface area (Å²) in [5.41, 5.74) is 6.32. The minimum atomic E-state index is -0.0675. The van der Waals surface area contributed by atoms with Gasteiger partial charge in [-0.25, -0.2) is 14.8 Å². The predicted molar refractivity (Wildman–Crippen MR) is 128 cm³/mol. The molecule has 1 aromatic heterocycles. The minimum Gasteiger partial charge on any atom is -0.356 e. The van der Waals surface area contributed by atoms with Crippen molar-refractivity contribution in [1.29, 1.82) is 0 Å². The first-order chi connectivity index (χ1) is 15.6. The molecule has 2 amide bonds. The molecule has 0 atom stereocenters. The molecular weight excluding hydrogens is 398 g/mol. The highest BCUT2D eigenvalue weighted by molar-refractivity contribution is 5.90. The number of carbonyl (C=O) groups excluding carboxylic acids is 1. The summed E-state index contributed by atoms with van der Waals surface area (Å²) >= 11 is 0. The van der Waals surface area contributed by atoms with Crippen molar-refractivity contribution in [2.24, 2.45) is 0 Å². The Balaban J connectivity index is 1.44. The van der Waals surface area contributed by atoms with Crippen LogP contribution >= 0.6 is 0 Å². The zero-order valence-electron chi connectivity index (χ0n) is 18.8. The minimum absolute atomic E-state index is 0.0675. The van der Waals surface area contributed by atoms with Gasteiger partial charge >= 0.3 is 6.03 Å². The van der Waals surface area contributed by atoms with Crippen LogP contribution in [0.2, 0.25) is 0 Å². The van der Waals surface area contributed by atoms with E-state index >= 15 is 0 Å². The molecule has 32 heavy (non-hydrogen) atoms. The smallest absolute Gasteiger partial charge is 0.322 e. The van der Waals surface area contributed by atoms with E-state index in [1.165, 1.54) is 18.4 Å². The van der Waals surface area contributed by atoms with E-state index in [1.807, 2.05) is 42.2 Å². The van der Waals surface area contributed by atoms with Crippen LogP contribution < -0.4 is 10.2 Å². The average Bonchev–Trinajstić information content (AvgIpc) is 3.35. The predicted octanol–water partition coefficient (Wildman–Crippen LogP) is 4.95. The van der Waals surface area contributed by atoms with E-state index in [-0.39, 0.29) is 6.03 Å². The Hall–Kier alpha value is -3.41. The standard InChI is InChI=1S/C26H29N5O/c1-18-10-11-22(19(2)16-18)28-26(32)31-15-12-23-21(17-31)25(30-13-6-7-14-30)29-24(27-23)20-8-4-3-5-9-20/h3-5,8-11,16H,6-7,12-15,17H2,1-2H3,(H,28,32). The van der Waals surface area contributed by atoms with Crippen LogP contribution in [0, 0.1) is 13.8 Å². The van der Waals surface area contributed by atoms with Crippen LogP contribution in [0.3, 0.4) is 0 Å². The number of amides is 2. The molecule has 0 spiro atoms. The summed E-state index contributed by atoms with van der Waals surface area (Å²) in [4.78, 5) is 27.3. The van der Waals surface area contributed by atoms with Crippen LogP contribution in [0.25, 0.3) is 11.4 Å².